The molecule has 0 amide bonds. The van der Waals surface area contributed by atoms with Crippen LogP contribution in [0, 0.1) is 10.8 Å². The molecule has 1 unspecified atom stereocenters. The van der Waals surface area contributed by atoms with Crippen LogP contribution in [0.5, 0.6) is 5.75 Å². The molecule has 0 bridgehead atoms. The first kappa shape index (κ1) is 23.3. The van der Waals surface area contributed by atoms with Crippen LogP contribution < -0.4 is 10.5 Å². The fourth-order valence-corrected chi connectivity index (χ4v) is 4.45. The number of nitrogens with zero attached hydrogens (tertiary/aromatic N) is 1. The second-order valence-electron chi connectivity index (χ2n) is 8.86. The molecule has 0 radical (unpaired) electrons. The van der Waals surface area contributed by atoms with E-state index in [2.05, 4.69) is 0 Å². The lowest BCUT2D eigenvalue weighted by atomic mass is 9.91. The smallest absolute Gasteiger partial charge is 0.311 e. The van der Waals surface area contributed by atoms with E-state index in [9.17, 15) is 9.90 Å². The van der Waals surface area contributed by atoms with E-state index in [1.165, 1.54) is 0 Å². The number of benzene rings is 3. The van der Waals surface area contributed by atoms with Crippen molar-refractivity contribution in [2.24, 2.45) is 5.73 Å². The van der Waals surface area contributed by atoms with Crippen molar-refractivity contribution in [3.8, 4) is 5.75 Å². The van der Waals surface area contributed by atoms with Gasteiger partial charge in [-0.2, -0.15) is 0 Å². The third-order valence-electron chi connectivity index (χ3n) is 6.46. The molecule has 4 rings (SSSR count). The number of rotatable bonds is 7. The molecule has 5 N–H and O–H groups in total. The molecule has 1 aliphatic heterocycles. The van der Waals surface area contributed by atoms with Crippen molar-refractivity contribution in [2.45, 2.75) is 38.2 Å². The van der Waals surface area contributed by atoms with Crippen LogP contribution in [-0.2, 0) is 11.2 Å². The van der Waals surface area contributed by atoms with Crippen LogP contribution in [0.15, 0.2) is 60.7 Å². The number of carboxylic acids is 1. The highest BCUT2D eigenvalue weighted by Crippen LogP contribution is 2.27. The molecule has 176 valence electrons. The Morgan fingerprint density at radius 1 is 1.06 bits per heavy atom. The van der Waals surface area contributed by atoms with Gasteiger partial charge in [0.1, 0.15) is 17.7 Å². The van der Waals surface area contributed by atoms with Crippen LogP contribution in [0.2, 0.25) is 0 Å². The van der Waals surface area contributed by atoms with Crippen LogP contribution >= 0.6 is 0 Å². The van der Waals surface area contributed by atoms with Gasteiger partial charge in [-0.15, -0.1) is 0 Å². The Balaban J connectivity index is 1.46. The molecule has 7 heteroatoms. The van der Waals surface area contributed by atoms with Gasteiger partial charge < -0.3 is 20.5 Å². The summed E-state index contributed by atoms with van der Waals surface area (Å²) in [6.45, 7) is 3.44. The van der Waals surface area contributed by atoms with Gasteiger partial charge in [0.15, 0.2) is 0 Å². The second kappa shape index (κ2) is 9.95. The molecule has 0 aliphatic carbocycles. The zero-order chi connectivity index (χ0) is 24.2. The summed E-state index contributed by atoms with van der Waals surface area (Å²) >= 11 is 0. The molecule has 1 saturated heterocycles. The number of amidine groups is 2. The van der Waals surface area contributed by atoms with Crippen molar-refractivity contribution in [3.63, 3.8) is 0 Å². The number of nitrogens with two attached hydrogens (primary N) is 1. The van der Waals surface area contributed by atoms with Gasteiger partial charge >= 0.3 is 5.97 Å². The number of nitrogen functional groups attached to an aromatic ring is 1. The SMILES string of the molecule is CC(=N)N1CCC(Oc2ccc(C(Cc3ccc4ccc(C(=N)N)cc4c3)C(=O)O)cc2)CC1. The Labute approximate surface area is 199 Å². The molecular formula is C27H30N4O3. The van der Waals surface area contributed by atoms with E-state index in [0.717, 1.165) is 53.6 Å². The van der Waals surface area contributed by atoms with Gasteiger partial charge in [0.2, 0.25) is 0 Å². The van der Waals surface area contributed by atoms with E-state index in [-0.39, 0.29) is 11.9 Å². The zero-order valence-electron chi connectivity index (χ0n) is 19.3. The summed E-state index contributed by atoms with van der Waals surface area (Å²) in [6.07, 6.45) is 2.19. The summed E-state index contributed by atoms with van der Waals surface area (Å²) in [5.41, 5.74) is 7.90. The minimum Gasteiger partial charge on any atom is -0.490 e. The Bertz CT molecular complexity index is 1210. The predicted octanol–water partition coefficient (Wildman–Crippen LogP) is 4.38. The Hall–Kier alpha value is -3.87. The minimum absolute atomic E-state index is 0.00779. The number of ether oxygens (including phenoxy) is 1. The molecule has 0 saturated carbocycles. The second-order valence-corrected chi connectivity index (χ2v) is 8.86. The van der Waals surface area contributed by atoms with Gasteiger partial charge in [0.05, 0.1) is 11.8 Å². The summed E-state index contributed by atoms with van der Waals surface area (Å²) < 4.78 is 6.10. The number of carbonyl (C=O) groups is 1. The van der Waals surface area contributed by atoms with Crippen LogP contribution in [-0.4, -0.2) is 46.8 Å². The monoisotopic (exact) mass is 458 g/mol. The maximum absolute atomic E-state index is 12.1. The molecule has 7 nitrogen and oxygen atoms in total. The lowest BCUT2D eigenvalue weighted by Gasteiger charge is -2.32. The first-order valence-electron chi connectivity index (χ1n) is 11.5. The summed E-state index contributed by atoms with van der Waals surface area (Å²) in [7, 11) is 0. The maximum atomic E-state index is 12.1. The third kappa shape index (κ3) is 5.36. The van der Waals surface area contributed by atoms with Crippen molar-refractivity contribution in [2.75, 3.05) is 13.1 Å². The maximum Gasteiger partial charge on any atom is 0.311 e. The molecule has 1 heterocycles. The standard InChI is InChI=1S/C27H30N4O3/c1-17(28)31-12-10-24(11-13-31)34-23-8-6-20(7-9-23)25(27(32)33)15-18-2-3-19-4-5-21(26(29)30)16-22(19)14-18/h2-9,14,16,24-25,28H,10-13,15H2,1H3,(H3,29,30)(H,32,33). The Morgan fingerprint density at radius 3 is 2.35 bits per heavy atom. The molecule has 34 heavy (non-hydrogen) atoms. The predicted molar refractivity (Wildman–Crippen MR) is 134 cm³/mol. The van der Waals surface area contributed by atoms with Crippen LogP contribution in [0.4, 0.5) is 0 Å². The fraction of sp³-hybridized carbons (Fsp3) is 0.296. The van der Waals surface area contributed by atoms with E-state index >= 15 is 0 Å². The van der Waals surface area contributed by atoms with E-state index in [0.29, 0.717) is 17.8 Å². The van der Waals surface area contributed by atoms with Gasteiger partial charge in [-0.1, -0.05) is 42.5 Å². The molecule has 3 aromatic rings. The largest absolute Gasteiger partial charge is 0.490 e. The minimum atomic E-state index is -0.874. The van der Waals surface area contributed by atoms with Crippen molar-refractivity contribution >= 4 is 28.4 Å². The first-order chi connectivity index (χ1) is 16.3. The highest BCUT2D eigenvalue weighted by Gasteiger charge is 2.23. The van der Waals surface area contributed by atoms with Crippen molar-refractivity contribution < 1.29 is 14.6 Å². The Morgan fingerprint density at radius 2 is 1.74 bits per heavy atom. The van der Waals surface area contributed by atoms with Crippen molar-refractivity contribution in [3.05, 3.63) is 77.4 Å². The highest BCUT2D eigenvalue weighted by atomic mass is 16.5. The number of fused-ring (bicyclic) bond motifs is 1. The molecule has 3 aromatic carbocycles. The van der Waals surface area contributed by atoms with Gasteiger partial charge in [0.25, 0.3) is 0 Å². The highest BCUT2D eigenvalue weighted by molar-refractivity contribution is 5.99. The molecule has 0 aromatic heterocycles. The molecular weight excluding hydrogens is 428 g/mol. The van der Waals surface area contributed by atoms with Crippen molar-refractivity contribution in [1.82, 2.24) is 4.90 Å². The van der Waals surface area contributed by atoms with E-state index in [1.807, 2.05) is 65.6 Å². The topological polar surface area (TPSA) is 123 Å². The number of likely N-dealkylation sites (tertiary alicyclic amines) is 1. The number of hydrogen-bond donors (Lipinski definition) is 4. The van der Waals surface area contributed by atoms with Gasteiger partial charge in [-0.05, 0) is 53.4 Å². The van der Waals surface area contributed by atoms with E-state index in [1.54, 1.807) is 6.92 Å². The lowest BCUT2D eigenvalue weighted by Crippen LogP contribution is -2.40. The Kier molecular flexibility index (Phi) is 6.82. The lowest BCUT2D eigenvalue weighted by molar-refractivity contribution is -0.138. The molecule has 0 spiro atoms. The summed E-state index contributed by atoms with van der Waals surface area (Å²) in [5.74, 6) is -0.219. The number of carboxylic acid groups (broad SMARTS) is 1. The first-order valence-corrected chi connectivity index (χ1v) is 11.5. The molecule has 1 fully saturated rings. The average Bonchev–Trinajstić information content (AvgIpc) is 2.83. The third-order valence-corrected chi connectivity index (χ3v) is 6.46. The molecule has 1 aliphatic rings. The van der Waals surface area contributed by atoms with E-state index < -0.39 is 11.9 Å². The summed E-state index contributed by atoms with van der Waals surface area (Å²) in [5, 5.41) is 27.3. The van der Waals surface area contributed by atoms with Crippen LogP contribution in [0.25, 0.3) is 10.8 Å². The van der Waals surface area contributed by atoms with Gasteiger partial charge in [-0.3, -0.25) is 15.6 Å². The van der Waals surface area contributed by atoms with Crippen molar-refractivity contribution in [1.29, 1.82) is 10.8 Å². The summed E-state index contributed by atoms with van der Waals surface area (Å²) in [6, 6.07) is 18.8. The number of piperidine rings is 1. The van der Waals surface area contributed by atoms with Gasteiger partial charge in [-0.25, -0.2) is 0 Å². The number of hydrogen-bond acceptors (Lipinski definition) is 4. The number of nitrogens with one attached hydrogen (secondary N) is 2. The van der Waals surface area contributed by atoms with Crippen LogP contribution in [0.1, 0.15) is 42.4 Å². The summed E-state index contributed by atoms with van der Waals surface area (Å²) in [4.78, 5) is 14.2. The zero-order valence-corrected chi connectivity index (χ0v) is 19.3. The van der Waals surface area contributed by atoms with Crippen LogP contribution in [0.3, 0.4) is 0 Å². The molecule has 1 atom stereocenters. The quantitative estimate of drug-likeness (QED) is 0.309. The fourth-order valence-electron chi connectivity index (χ4n) is 4.45. The number of aliphatic carboxylic acids is 1. The van der Waals surface area contributed by atoms with E-state index in [4.69, 9.17) is 21.3 Å². The van der Waals surface area contributed by atoms with Gasteiger partial charge in [0, 0.05) is 31.5 Å². The normalized spacial score (nSPS) is 15.1. The average molecular weight is 459 g/mol.